The lowest BCUT2D eigenvalue weighted by Gasteiger charge is -2.26. The molecule has 0 radical (unpaired) electrons. The number of nitrogens with one attached hydrogen (secondary N) is 4. The van der Waals surface area contributed by atoms with E-state index in [1.165, 1.54) is 13.8 Å². The van der Waals surface area contributed by atoms with E-state index in [1.54, 1.807) is 13.1 Å². The van der Waals surface area contributed by atoms with Gasteiger partial charge >= 0.3 is 5.97 Å². The Bertz CT molecular complexity index is 1000. The molecular weight excluding hydrogens is 426 g/mol. The molecule has 2 aromatic rings. The van der Waals surface area contributed by atoms with Crippen molar-refractivity contribution < 1.29 is 24.3 Å². The smallest absolute Gasteiger partial charge is 0.326 e. The van der Waals surface area contributed by atoms with Gasteiger partial charge in [-0.3, -0.25) is 14.4 Å². The number of nitrogens with two attached hydrogens (primary N) is 1. The molecule has 1 heterocycles. The Hall–Kier alpha value is -3.40. The van der Waals surface area contributed by atoms with Crippen molar-refractivity contribution in [1.29, 1.82) is 0 Å². The number of aliphatic carboxylic acids is 1. The van der Waals surface area contributed by atoms with Crippen LogP contribution in [0.3, 0.4) is 0 Å². The SMILES string of the molecule is CCC(C)C(NC(=O)C(C)N)C(=O)NC(C)C(=O)NC(Cc1c[nH]c2ccccc12)C(=O)O. The average molecular weight is 460 g/mol. The van der Waals surface area contributed by atoms with Crippen LogP contribution in [0.1, 0.15) is 39.7 Å². The van der Waals surface area contributed by atoms with Crippen LogP contribution in [0.5, 0.6) is 0 Å². The summed E-state index contributed by atoms with van der Waals surface area (Å²) in [6.45, 7) is 6.65. The Morgan fingerprint density at radius 1 is 1.00 bits per heavy atom. The van der Waals surface area contributed by atoms with Crippen LogP contribution in [0.4, 0.5) is 0 Å². The number of H-pyrrole nitrogens is 1. The monoisotopic (exact) mass is 459 g/mol. The highest BCUT2D eigenvalue weighted by molar-refractivity contribution is 5.94. The number of carboxylic acid groups (broad SMARTS) is 1. The van der Waals surface area contributed by atoms with E-state index in [0.29, 0.717) is 6.42 Å². The fourth-order valence-corrected chi connectivity index (χ4v) is 3.37. The molecule has 1 aromatic carbocycles. The summed E-state index contributed by atoms with van der Waals surface area (Å²) in [5.74, 6) is -3.04. The van der Waals surface area contributed by atoms with E-state index in [2.05, 4.69) is 20.9 Å². The van der Waals surface area contributed by atoms with Crippen LogP contribution in [-0.2, 0) is 25.6 Å². The van der Waals surface area contributed by atoms with Crippen LogP contribution in [-0.4, -0.2) is 57.9 Å². The Labute approximate surface area is 192 Å². The molecule has 10 nitrogen and oxygen atoms in total. The first-order valence-corrected chi connectivity index (χ1v) is 11.0. The molecule has 0 aliphatic carbocycles. The van der Waals surface area contributed by atoms with E-state index in [4.69, 9.17) is 5.73 Å². The van der Waals surface area contributed by atoms with E-state index >= 15 is 0 Å². The van der Waals surface area contributed by atoms with Gasteiger partial charge in [-0.05, 0) is 31.4 Å². The predicted octanol–water partition coefficient (Wildman–Crippen LogP) is 0.663. The number of carbonyl (C=O) groups is 4. The molecule has 0 bridgehead atoms. The van der Waals surface area contributed by atoms with E-state index in [1.807, 2.05) is 31.2 Å². The van der Waals surface area contributed by atoms with Gasteiger partial charge in [0.2, 0.25) is 17.7 Å². The van der Waals surface area contributed by atoms with Crippen LogP contribution < -0.4 is 21.7 Å². The normalized spacial score (nSPS) is 15.7. The van der Waals surface area contributed by atoms with Gasteiger partial charge < -0.3 is 31.8 Å². The van der Waals surface area contributed by atoms with Gasteiger partial charge in [0.15, 0.2) is 0 Å². The van der Waals surface area contributed by atoms with Gasteiger partial charge in [-0.1, -0.05) is 38.5 Å². The number of rotatable bonds is 11. The quantitative estimate of drug-likeness (QED) is 0.289. The maximum absolute atomic E-state index is 12.8. The molecule has 10 heteroatoms. The first-order chi connectivity index (χ1) is 15.5. The average Bonchev–Trinajstić information content (AvgIpc) is 3.18. The molecule has 0 saturated carbocycles. The summed E-state index contributed by atoms with van der Waals surface area (Å²) in [6.07, 6.45) is 2.41. The lowest BCUT2D eigenvalue weighted by atomic mass is 9.97. The van der Waals surface area contributed by atoms with Crippen molar-refractivity contribution in [3.63, 3.8) is 0 Å². The van der Waals surface area contributed by atoms with Gasteiger partial charge in [-0.25, -0.2) is 4.79 Å². The molecule has 2 rings (SSSR count). The van der Waals surface area contributed by atoms with Crippen molar-refractivity contribution in [2.24, 2.45) is 11.7 Å². The van der Waals surface area contributed by atoms with E-state index in [0.717, 1.165) is 16.5 Å². The first-order valence-electron chi connectivity index (χ1n) is 11.0. The summed E-state index contributed by atoms with van der Waals surface area (Å²) >= 11 is 0. The van der Waals surface area contributed by atoms with Crippen molar-refractivity contribution in [2.45, 2.75) is 64.7 Å². The Balaban J connectivity index is 2.05. The fourth-order valence-electron chi connectivity index (χ4n) is 3.37. The van der Waals surface area contributed by atoms with Gasteiger partial charge in [0.1, 0.15) is 18.1 Å². The van der Waals surface area contributed by atoms with Crippen LogP contribution >= 0.6 is 0 Å². The second kappa shape index (κ2) is 11.5. The first kappa shape index (κ1) is 25.9. The Kier molecular flexibility index (Phi) is 8.98. The number of benzene rings is 1. The van der Waals surface area contributed by atoms with Crippen molar-refractivity contribution in [3.05, 3.63) is 36.0 Å². The topological polar surface area (TPSA) is 166 Å². The summed E-state index contributed by atoms with van der Waals surface area (Å²) in [6, 6.07) is 3.62. The Morgan fingerprint density at radius 3 is 2.27 bits per heavy atom. The number of aromatic amines is 1. The molecule has 1 aromatic heterocycles. The third kappa shape index (κ3) is 6.79. The maximum Gasteiger partial charge on any atom is 0.326 e. The zero-order valence-electron chi connectivity index (χ0n) is 19.3. The van der Waals surface area contributed by atoms with Crippen molar-refractivity contribution in [3.8, 4) is 0 Å². The minimum Gasteiger partial charge on any atom is -0.480 e. The number of carboxylic acids is 1. The van der Waals surface area contributed by atoms with Gasteiger partial charge in [-0.15, -0.1) is 0 Å². The summed E-state index contributed by atoms with van der Waals surface area (Å²) < 4.78 is 0. The van der Waals surface area contributed by atoms with Crippen molar-refractivity contribution in [2.75, 3.05) is 0 Å². The molecule has 0 spiro atoms. The van der Waals surface area contributed by atoms with Crippen LogP contribution in [0.25, 0.3) is 10.9 Å². The molecule has 3 amide bonds. The third-order valence-corrected chi connectivity index (χ3v) is 5.67. The summed E-state index contributed by atoms with van der Waals surface area (Å²) in [7, 11) is 0. The van der Waals surface area contributed by atoms with Crippen LogP contribution in [0, 0.1) is 5.92 Å². The number of carbonyl (C=O) groups excluding carboxylic acids is 3. The highest BCUT2D eigenvalue weighted by Crippen LogP contribution is 2.19. The summed E-state index contributed by atoms with van der Waals surface area (Å²) in [5.41, 5.74) is 7.21. The van der Waals surface area contributed by atoms with Gasteiger partial charge in [0.25, 0.3) is 0 Å². The van der Waals surface area contributed by atoms with Gasteiger partial charge in [0, 0.05) is 23.5 Å². The third-order valence-electron chi connectivity index (χ3n) is 5.67. The molecule has 0 aliphatic rings. The van der Waals surface area contributed by atoms with Crippen molar-refractivity contribution >= 4 is 34.6 Å². The molecular formula is C23H33N5O5. The van der Waals surface area contributed by atoms with Gasteiger partial charge in [0.05, 0.1) is 6.04 Å². The number of amides is 3. The minimum absolute atomic E-state index is 0.0751. The van der Waals surface area contributed by atoms with Crippen molar-refractivity contribution in [1.82, 2.24) is 20.9 Å². The molecule has 0 saturated heterocycles. The second-order valence-corrected chi connectivity index (χ2v) is 8.35. The fraction of sp³-hybridized carbons (Fsp3) is 0.478. The molecule has 5 atom stereocenters. The van der Waals surface area contributed by atoms with E-state index in [9.17, 15) is 24.3 Å². The highest BCUT2D eigenvalue weighted by Gasteiger charge is 2.30. The zero-order valence-corrected chi connectivity index (χ0v) is 19.3. The number of aromatic nitrogens is 1. The number of hydrogen-bond donors (Lipinski definition) is 6. The molecule has 33 heavy (non-hydrogen) atoms. The van der Waals surface area contributed by atoms with E-state index in [-0.39, 0.29) is 12.3 Å². The zero-order chi connectivity index (χ0) is 24.7. The van der Waals surface area contributed by atoms with E-state index < -0.39 is 47.9 Å². The largest absolute Gasteiger partial charge is 0.480 e. The second-order valence-electron chi connectivity index (χ2n) is 8.35. The lowest BCUT2D eigenvalue weighted by molar-refractivity contribution is -0.142. The maximum atomic E-state index is 12.8. The number of fused-ring (bicyclic) bond motifs is 1. The van der Waals surface area contributed by atoms with Crippen LogP contribution in [0.15, 0.2) is 30.5 Å². The molecule has 7 N–H and O–H groups in total. The number of hydrogen-bond acceptors (Lipinski definition) is 5. The van der Waals surface area contributed by atoms with Gasteiger partial charge in [-0.2, -0.15) is 0 Å². The Morgan fingerprint density at radius 2 is 1.67 bits per heavy atom. The molecule has 5 unspecified atom stereocenters. The summed E-state index contributed by atoms with van der Waals surface area (Å²) in [5, 5.41) is 18.2. The van der Waals surface area contributed by atoms with Crippen LogP contribution in [0.2, 0.25) is 0 Å². The number of para-hydroxylation sites is 1. The molecule has 0 aliphatic heterocycles. The molecule has 0 fully saturated rings. The predicted molar refractivity (Wildman–Crippen MR) is 124 cm³/mol. The highest BCUT2D eigenvalue weighted by atomic mass is 16.4. The lowest BCUT2D eigenvalue weighted by Crippen LogP contribution is -2.57. The molecule has 180 valence electrons. The standard InChI is InChI=1S/C23H33N5O5/c1-5-12(2)19(28-20(29)13(3)24)22(31)26-14(4)21(30)27-18(23(32)33)10-15-11-25-17-9-7-6-8-16(15)17/h6-9,11-14,18-19,25H,5,10,24H2,1-4H3,(H,26,31)(H,27,30)(H,28,29)(H,32,33). The minimum atomic E-state index is -1.19. The summed E-state index contributed by atoms with van der Waals surface area (Å²) in [4.78, 5) is 52.3.